The second-order valence-corrected chi connectivity index (χ2v) is 5.17. The topological polar surface area (TPSA) is 47.7 Å². The fourth-order valence-electron chi connectivity index (χ4n) is 2.44. The number of ether oxygens (including phenoxy) is 2. The Bertz CT molecular complexity index is 409. The van der Waals surface area contributed by atoms with Gasteiger partial charge in [0.1, 0.15) is 6.10 Å². The Morgan fingerprint density at radius 3 is 2.84 bits per heavy atom. The van der Waals surface area contributed by atoms with Gasteiger partial charge in [-0.2, -0.15) is 0 Å². The van der Waals surface area contributed by atoms with Crippen molar-refractivity contribution in [2.45, 2.75) is 25.4 Å². The number of rotatable bonds is 6. The number of likely N-dealkylation sites (tertiary alicyclic amines) is 1. The fourth-order valence-corrected chi connectivity index (χ4v) is 2.44. The van der Waals surface area contributed by atoms with Crippen molar-refractivity contribution >= 4 is 0 Å². The molecule has 0 bridgehead atoms. The maximum atomic E-state index is 6.04. The van der Waals surface area contributed by atoms with Crippen molar-refractivity contribution in [2.24, 2.45) is 5.73 Å². The molecule has 1 unspecified atom stereocenters. The number of benzene rings is 1. The van der Waals surface area contributed by atoms with Gasteiger partial charge in [0.15, 0.2) is 11.5 Å². The zero-order chi connectivity index (χ0) is 13.7. The molecule has 1 saturated heterocycles. The quantitative estimate of drug-likeness (QED) is 0.849. The van der Waals surface area contributed by atoms with Crippen LogP contribution in [-0.4, -0.2) is 44.8 Å². The summed E-state index contributed by atoms with van der Waals surface area (Å²) in [5.41, 5.74) is 6.79. The van der Waals surface area contributed by atoms with Gasteiger partial charge in [0.2, 0.25) is 0 Å². The molecule has 0 saturated carbocycles. The summed E-state index contributed by atoms with van der Waals surface area (Å²) < 4.78 is 11.5. The Balaban J connectivity index is 2.03. The molecule has 0 spiro atoms. The maximum absolute atomic E-state index is 6.04. The second kappa shape index (κ2) is 6.78. The largest absolute Gasteiger partial charge is 0.493 e. The molecule has 0 radical (unpaired) electrons. The molecular weight excluding hydrogens is 240 g/mol. The van der Waals surface area contributed by atoms with Crippen LogP contribution >= 0.6 is 0 Å². The first kappa shape index (κ1) is 14.2. The minimum Gasteiger partial charge on any atom is -0.493 e. The van der Waals surface area contributed by atoms with E-state index in [9.17, 15) is 0 Å². The summed E-state index contributed by atoms with van der Waals surface area (Å²) in [6, 6.07) is 6.18. The van der Waals surface area contributed by atoms with Gasteiger partial charge < -0.3 is 20.1 Å². The molecular formula is C15H24N2O2. The minimum atomic E-state index is 0.272. The number of hydrogen-bond acceptors (Lipinski definition) is 4. The molecule has 1 fully saturated rings. The average Bonchev–Trinajstić information content (AvgIpc) is 2.83. The molecule has 1 aliphatic rings. The summed E-state index contributed by atoms with van der Waals surface area (Å²) in [7, 11) is 3.81. The van der Waals surface area contributed by atoms with Crippen LogP contribution in [0.1, 0.15) is 18.4 Å². The maximum Gasteiger partial charge on any atom is 0.161 e. The molecule has 106 valence electrons. The molecule has 4 nitrogen and oxygen atoms in total. The molecule has 0 aliphatic carbocycles. The van der Waals surface area contributed by atoms with Crippen LogP contribution in [0, 0.1) is 0 Å². The first-order valence-corrected chi connectivity index (χ1v) is 6.95. The third kappa shape index (κ3) is 3.85. The van der Waals surface area contributed by atoms with Gasteiger partial charge in [-0.1, -0.05) is 6.07 Å². The third-order valence-corrected chi connectivity index (χ3v) is 3.54. The zero-order valence-electron chi connectivity index (χ0n) is 11.9. The Hall–Kier alpha value is -1.26. The summed E-state index contributed by atoms with van der Waals surface area (Å²) in [4.78, 5) is 2.28. The van der Waals surface area contributed by atoms with E-state index in [0.717, 1.165) is 50.4 Å². The first-order chi connectivity index (χ1) is 9.22. The Morgan fingerprint density at radius 1 is 1.37 bits per heavy atom. The predicted octanol–water partition coefficient (Wildman–Crippen LogP) is 1.67. The Labute approximate surface area is 115 Å². The van der Waals surface area contributed by atoms with Gasteiger partial charge >= 0.3 is 0 Å². The zero-order valence-corrected chi connectivity index (χ0v) is 11.9. The molecule has 1 heterocycles. The molecule has 19 heavy (non-hydrogen) atoms. The second-order valence-electron chi connectivity index (χ2n) is 5.17. The van der Waals surface area contributed by atoms with Crippen molar-refractivity contribution in [1.82, 2.24) is 4.90 Å². The lowest BCUT2D eigenvalue weighted by Gasteiger charge is -2.17. The summed E-state index contributed by atoms with van der Waals surface area (Å²) in [6.07, 6.45) is 3.33. The summed E-state index contributed by atoms with van der Waals surface area (Å²) in [5.74, 6) is 1.67. The lowest BCUT2D eigenvalue weighted by atomic mass is 10.1. The van der Waals surface area contributed by atoms with Crippen LogP contribution in [0.4, 0.5) is 0 Å². The van der Waals surface area contributed by atoms with Crippen LogP contribution in [0.5, 0.6) is 11.5 Å². The molecule has 1 aromatic rings. The molecule has 2 rings (SSSR count). The van der Waals surface area contributed by atoms with Crippen molar-refractivity contribution < 1.29 is 9.47 Å². The van der Waals surface area contributed by atoms with Crippen molar-refractivity contribution in [3.8, 4) is 11.5 Å². The van der Waals surface area contributed by atoms with Crippen molar-refractivity contribution in [3.05, 3.63) is 23.8 Å². The monoisotopic (exact) mass is 264 g/mol. The number of nitrogens with two attached hydrogens (primary N) is 1. The van der Waals surface area contributed by atoms with Crippen LogP contribution in [0.25, 0.3) is 0 Å². The SMILES string of the molecule is COc1cc(CCCN)ccc1OC1CCN(C)C1. The van der Waals surface area contributed by atoms with Crippen molar-refractivity contribution in [2.75, 3.05) is 33.8 Å². The van der Waals surface area contributed by atoms with Crippen molar-refractivity contribution in [3.63, 3.8) is 0 Å². The van der Waals surface area contributed by atoms with E-state index in [1.165, 1.54) is 5.56 Å². The van der Waals surface area contributed by atoms with E-state index in [1.54, 1.807) is 7.11 Å². The van der Waals surface area contributed by atoms with E-state index in [1.807, 2.05) is 6.07 Å². The lowest BCUT2D eigenvalue weighted by molar-refractivity contribution is 0.199. The fraction of sp³-hybridized carbons (Fsp3) is 0.600. The minimum absolute atomic E-state index is 0.272. The molecule has 1 aliphatic heterocycles. The number of methoxy groups -OCH3 is 1. The molecule has 1 atom stereocenters. The molecule has 2 N–H and O–H groups in total. The van der Waals surface area contributed by atoms with Crippen LogP contribution in [0.15, 0.2) is 18.2 Å². The molecule has 1 aromatic carbocycles. The summed E-state index contributed by atoms with van der Waals surface area (Å²) in [6.45, 7) is 2.80. The average molecular weight is 264 g/mol. The van der Waals surface area contributed by atoms with Crippen molar-refractivity contribution in [1.29, 1.82) is 0 Å². The molecule has 0 amide bonds. The van der Waals surface area contributed by atoms with E-state index >= 15 is 0 Å². The molecule has 4 heteroatoms. The Morgan fingerprint density at radius 2 is 2.21 bits per heavy atom. The first-order valence-electron chi connectivity index (χ1n) is 6.95. The van der Waals surface area contributed by atoms with Crippen LogP contribution in [-0.2, 0) is 6.42 Å². The summed E-state index contributed by atoms with van der Waals surface area (Å²) >= 11 is 0. The highest BCUT2D eigenvalue weighted by Crippen LogP contribution is 2.30. The van der Waals surface area contributed by atoms with Gasteiger partial charge in [-0.3, -0.25) is 0 Å². The molecule has 0 aromatic heterocycles. The lowest BCUT2D eigenvalue weighted by Crippen LogP contribution is -2.21. The van der Waals surface area contributed by atoms with E-state index in [4.69, 9.17) is 15.2 Å². The van der Waals surface area contributed by atoms with Gasteiger partial charge in [0.05, 0.1) is 7.11 Å². The standard InChI is InChI=1S/C15H24N2O2/c1-17-9-7-13(11-17)19-14-6-5-12(4-3-8-16)10-15(14)18-2/h5-6,10,13H,3-4,7-9,11,16H2,1-2H3. The van der Waals surface area contributed by atoms with Gasteiger partial charge in [-0.25, -0.2) is 0 Å². The smallest absolute Gasteiger partial charge is 0.161 e. The third-order valence-electron chi connectivity index (χ3n) is 3.54. The van der Waals surface area contributed by atoms with E-state index < -0.39 is 0 Å². The Kier molecular flexibility index (Phi) is 5.05. The van der Waals surface area contributed by atoms with Gasteiger partial charge in [-0.05, 0) is 50.6 Å². The highest BCUT2D eigenvalue weighted by molar-refractivity contribution is 5.43. The normalized spacial score (nSPS) is 19.6. The van der Waals surface area contributed by atoms with Crippen LogP contribution in [0.2, 0.25) is 0 Å². The number of nitrogens with zero attached hydrogens (tertiary/aromatic N) is 1. The summed E-state index contributed by atoms with van der Waals surface area (Å²) in [5, 5.41) is 0. The number of aryl methyl sites for hydroxylation is 1. The van der Waals surface area contributed by atoms with E-state index in [-0.39, 0.29) is 6.10 Å². The highest BCUT2D eigenvalue weighted by Gasteiger charge is 2.22. The van der Waals surface area contributed by atoms with Gasteiger partial charge in [0, 0.05) is 13.1 Å². The van der Waals surface area contributed by atoms with Crippen LogP contribution < -0.4 is 15.2 Å². The van der Waals surface area contributed by atoms with Gasteiger partial charge in [0.25, 0.3) is 0 Å². The highest BCUT2D eigenvalue weighted by atomic mass is 16.5. The predicted molar refractivity (Wildman–Crippen MR) is 76.9 cm³/mol. The van der Waals surface area contributed by atoms with Crippen LogP contribution in [0.3, 0.4) is 0 Å². The van der Waals surface area contributed by atoms with E-state index in [0.29, 0.717) is 0 Å². The number of likely N-dealkylation sites (N-methyl/N-ethyl adjacent to an activating group) is 1. The number of hydrogen-bond donors (Lipinski definition) is 1. The van der Waals surface area contributed by atoms with Gasteiger partial charge in [-0.15, -0.1) is 0 Å². The van der Waals surface area contributed by atoms with E-state index in [2.05, 4.69) is 24.1 Å².